The number of thioether (sulfide) groups is 2. The van der Waals surface area contributed by atoms with Crippen molar-refractivity contribution in [2.75, 3.05) is 43.5 Å². The lowest BCUT2D eigenvalue weighted by atomic mass is 9.87. The topological polar surface area (TPSA) is 392 Å². The number of fused-ring (bicyclic) bond motifs is 1. The van der Waals surface area contributed by atoms with Crippen LogP contribution in [-0.4, -0.2) is 115 Å². The van der Waals surface area contributed by atoms with Crippen molar-refractivity contribution in [2.24, 2.45) is 5.41 Å². The van der Waals surface area contributed by atoms with Crippen LogP contribution in [-0.2, 0) is 67.0 Å². The van der Waals surface area contributed by atoms with Gasteiger partial charge in [0.05, 0.1) is 39.5 Å². The van der Waals surface area contributed by atoms with Crippen molar-refractivity contribution in [2.45, 2.75) is 69.5 Å². The molecule has 0 bridgehead atoms. The maximum Gasteiger partial charge on any atom is 0.274 e. The van der Waals surface area contributed by atoms with Crippen LogP contribution < -0.4 is 35.9 Å². The van der Waals surface area contributed by atoms with E-state index in [1.165, 1.54) is 32.5 Å². The first-order chi connectivity index (χ1) is 29.3. The van der Waals surface area contributed by atoms with Crippen LogP contribution in [0.2, 0.25) is 0 Å². The Morgan fingerprint density at radius 3 is 2.40 bits per heavy atom. The highest BCUT2D eigenvalue weighted by atomic mass is 32.2. The van der Waals surface area contributed by atoms with Crippen LogP contribution in [0, 0.1) is 5.41 Å². The van der Waals surface area contributed by atoms with Gasteiger partial charge in [-0.2, -0.15) is 0 Å². The van der Waals surface area contributed by atoms with Crippen LogP contribution in [0.5, 0.6) is 0 Å². The fraction of sp³-hybridized carbons (Fsp3) is 0.545. The number of carbonyl (C=O) groups excluding carboxylic acids is 4. The number of phosphoric ester groups is 3. The molecule has 1 aliphatic heterocycles. The molecule has 1 saturated heterocycles. The molecule has 1 aromatic carbocycles. The zero-order valence-corrected chi connectivity index (χ0v) is 38.0. The van der Waals surface area contributed by atoms with E-state index in [4.69, 9.17) is 10.5 Å². The molecule has 1 fully saturated rings. The quantitative estimate of drug-likeness (QED) is 0.0355. The van der Waals surface area contributed by atoms with Crippen molar-refractivity contribution < 1.29 is 85.3 Å². The van der Waals surface area contributed by atoms with Gasteiger partial charge in [0.1, 0.15) is 36.3 Å². The molecule has 0 radical (unpaired) electrons. The highest BCUT2D eigenvalue weighted by Crippen LogP contribution is 2.56. The second-order valence-electron chi connectivity index (χ2n) is 14.5. The lowest BCUT2D eigenvalue weighted by Crippen LogP contribution is -2.46. The van der Waals surface area contributed by atoms with E-state index in [1.54, 1.807) is 0 Å². The fourth-order valence-electron chi connectivity index (χ4n) is 5.71. The van der Waals surface area contributed by atoms with E-state index in [2.05, 4.69) is 43.5 Å². The molecule has 25 nitrogen and oxygen atoms in total. The number of ketones is 1. The fourth-order valence-corrected chi connectivity index (χ4v) is 9.99. The maximum atomic E-state index is 12.6. The number of benzene rings is 1. The summed E-state index contributed by atoms with van der Waals surface area (Å²) < 4.78 is 61.2. The number of aliphatic hydroxyl groups is 2. The number of hydrogen-bond donors (Lipinski definition) is 5. The number of nitrogen functional groups attached to an aromatic ring is 1. The van der Waals surface area contributed by atoms with Crippen molar-refractivity contribution in [1.29, 1.82) is 0 Å². The molecule has 7 unspecified atom stereocenters. The van der Waals surface area contributed by atoms with Crippen LogP contribution in [0.15, 0.2) is 43.0 Å². The molecule has 7 atom stereocenters. The Hall–Kier alpha value is -3.20. The number of nitrogens with two attached hydrogens (primary N) is 1. The van der Waals surface area contributed by atoms with Crippen LogP contribution in [0.3, 0.4) is 0 Å². The smallest absolute Gasteiger partial charge is 0.274 e. The van der Waals surface area contributed by atoms with Crippen LogP contribution in [0.4, 0.5) is 5.82 Å². The third kappa shape index (κ3) is 15.7. The monoisotopic (exact) mass is 983 g/mol. The maximum absolute atomic E-state index is 12.6. The number of carbonyl (C=O) groups is 4. The van der Waals surface area contributed by atoms with E-state index in [0.29, 0.717) is 5.75 Å². The molecule has 30 heteroatoms. The summed E-state index contributed by atoms with van der Waals surface area (Å²) in [7, 11) is -17.7. The highest BCUT2D eigenvalue weighted by Gasteiger charge is 2.55. The summed E-state index contributed by atoms with van der Waals surface area (Å²) in [6, 6.07) is 9.55. The number of anilines is 1. The van der Waals surface area contributed by atoms with E-state index in [0.717, 1.165) is 34.5 Å². The Balaban J connectivity index is 1.18. The van der Waals surface area contributed by atoms with Gasteiger partial charge in [-0.15, -0.1) is 11.8 Å². The third-order valence-electron chi connectivity index (χ3n) is 8.94. The highest BCUT2D eigenvalue weighted by molar-refractivity contribution is 8.13. The van der Waals surface area contributed by atoms with E-state index >= 15 is 0 Å². The summed E-state index contributed by atoms with van der Waals surface area (Å²) in [5.74, 6) is -0.851. The molecule has 0 saturated carbocycles. The van der Waals surface area contributed by atoms with Crippen molar-refractivity contribution in [1.82, 2.24) is 30.2 Å². The molecular weight excluding hydrogens is 939 g/mol. The van der Waals surface area contributed by atoms with Crippen LogP contribution >= 0.6 is 47.0 Å². The van der Waals surface area contributed by atoms with Crippen molar-refractivity contribution in [3.8, 4) is 0 Å². The van der Waals surface area contributed by atoms with Gasteiger partial charge >= 0.3 is 0 Å². The Labute approximate surface area is 368 Å². The zero-order chi connectivity index (χ0) is 46.8. The molecular formula is C33H44N7O18P3S2-4. The molecule has 1 aliphatic rings. The molecule has 3 heterocycles. The normalized spacial score (nSPS) is 21.6. The number of aromatic nitrogens is 4. The van der Waals surface area contributed by atoms with Gasteiger partial charge in [-0.1, -0.05) is 55.9 Å². The Morgan fingerprint density at radius 1 is 1.03 bits per heavy atom. The van der Waals surface area contributed by atoms with E-state index in [9.17, 15) is 62.7 Å². The number of phosphoric acid groups is 3. The Kier molecular flexibility index (Phi) is 18.6. The molecule has 350 valence electrons. The summed E-state index contributed by atoms with van der Waals surface area (Å²) in [6.07, 6.45) is -6.46. The SMILES string of the molecule is CC(C)(COP(=O)([O-])OP(=O)([O-])OCC1OC(C)(n2cnc3c(N)ncnc32)C(O)C1OP(=O)([O-])[O-])C(O)C(=O)NCCC(=O)NCCSC(=O)CC(=O)CSCc1ccccc1. The van der Waals surface area contributed by atoms with Crippen molar-refractivity contribution >= 4 is 86.7 Å². The van der Waals surface area contributed by atoms with Gasteiger partial charge in [0.25, 0.3) is 15.6 Å². The Morgan fingerprint density at radius 2 is 1.71 bits per heavy atom. The van der Waals surface area contributed by atoms with Gasteiger partial charge < -0.3 is 69.0 Å². The number of ether oxygens (including phenoxy) is 1. The third-order valence-corrected chi connectivity index (χ3v) is 13.9. The first kappa shape index (κ1) is 52.4. The van der Waals surface area contributed by atoms with Gasteiger partial charge in [-0.05, 0) is 12.5 Å². The molecule has 3 aromatic rings. The molecule has 0 spiro atoms. The van der Waals surface area contributed by atoms with Gasteiger partial charge in [0.2, 0.25) is 11.8 Å². The van der Waals surface area contributed by atoms with E-state index in [1.807, 2.05) is 30.3 Å². The molecule has 63 heavy (non-hydrogen) atoms. The predicted molar refractivity (Wildman–Crippen MR) is 215 cm³/mol. The van der Waals surface area contributed by atoms with E-state index in [-0.39, 0.29) is 65.3 Å². The summed E-state index contributed by atoms with van der Waals surface area (Å²) in [4.78, 5) is 109. The number of Topliss-reactive ketones (excluding diaryl/α,β-unsaturated/α-hetero) is 1. The Bertz CT molecular complexity index is 2240. The van der Waals surface area contributed by atoms with E-state index < -0.39 is 84.1 Å². The number of amides is 2. The second kappa shape index (κ2) is 22.3. The first-order valence-electron chi connectivity index (χ1n) is 18.5. The number of hydrogen-bond acceptors (Lipinski definition) is 24. The largest absolute Gasteiger partial charge is 0.790 e. The minimum absolute atomic E-state index is 0.0279. The summed E-state index contributed by atoms with van der Waals surface area (Å²) in [5.41, 5.74) is 3.03. The minimum Gasteiger partial charge on any atom is -0.790 e. The number of imidazole rings is 1. The molecule has 2 aromatic heterocycles. The zero-order valence-electron chi connectivity index (χ0n) is 33.7. The summed E-state index contributed by atoms with van der Waals surface area (Å²) in [6.45, 7) is 1.03. The molecule has 6 N–H and O–H groups in total. The number of nitrogens with one attached hydrogen (secondary N) is 2. The number of nitrogens with zero attached hydrogens (tertiary/aromatic N) is 4. The van der Waals surface area contributed by atoms with Gasteiger partial charge in [0.15, 0.2) is 28.1 Å². The average Bonchev–Trinajstić information content (AvgIpc) is 3.74. The van der Waals surface area contributed by atoms with Crippen molar-refractivity contribution in [3.05, 3.63) is 48.5 Å². The number of rotatable bonds is 25. The lowest BCUT2D eigenvalue weighted by Gasteiger charge is -2.36. The first-order valence-corrected chi connectivity index (χ1v) is 25.0. The van der Waals surface area contributed by atoms with Gasteiger partial charge in [-0.25, -0.2) is 19.3 Å². The summed E-state index contributed by atoms with van der Waals surface area (Å²) >= 11 is 2.29. The standard InChI is InChI=1S/C33H48N7O18P3S2/c1-32(2,28(45)31(46)36-10-9-23(42)35-11-12-63-24(43)13-21(41)16-62-15-20-7-5-4-6-8-20)17-55-61(52,53)58-60(50,51)54-14-22-26(57-59(47,48)49)27(44)33(3,56-22)40-19-39-25-29(34)37-18-38-30(25)40/h4-8,18-19,22,26-28,44-45H,9-17H2,1-3H3,(H,35,42)(H,36,46)(H,50,51)(H,52,53)(H2,34,37,38)(H2,47,48,49)/p-4. The van der Waals surface area contributed by atoms with Crippen molar-refractivity contribution in [3.63, 3.8) is 0 Å². The minimum atomic E-state index is -5.96. The second-order valence-corrected chi connectivity index (χ2v) is 20.7. The average molecular weight is 984 g/mol. The summed E-state index contributed by atoms with van der Waals surface area (Å²) in [5, 5.41) is 26.1. The molecule has 0 aliphatic carbocycles. The molecule has 2 amide bonds. The number of aliphatic hydroxyl groups excluding tert-OH is 2. The predicted octanol–water partition coefficient (Wildman–Crippen LogP) is -1.80. The van der Waals surface area contributed by atoms with Gasteiger partial charge in [-0.3, -0.25) is 32.9 Å². The van der Waals surface area contributed by atoms with Crippen LogP contribution in [0.1, 0.15) is 39.2 Å². The molecule has 4 rings (SSSR count). The van der Waals surface area contributed by atoms with Gasteiger partial charge in [0, 0.05) is 36.4 Å². The van der Waals surface area contributed by atoms with Crippen LogP contribution in [0.25, 0.3) is 11.2 Å². The lowest BCUT2D eigenvalue weighted by molar-refractivity contribution is -0.347.